The third-order valence-corrected chi connectivity index (χ3v) is 1.46. The van der Waals surface area contributed by atoms with Gasteiger partial charge in [0.25, 0.3) is 0 Å². The van der Waals surface area contributed by atoms with Crippen LogP contribution in [0, 0.1) is 5.41 Å². The molecule has 0 aliphatic rings. The Balaban J connectivity index is 3.28. The Morgan fingerprint density at radius 2 is 1.70 bits per heavy atom. The first-order chi connectivity index (χ1) is 4.56. The first kappa shape index (κ1) is 9.74. The van der Waals surface area contributed by atoms with Crippen LogP contribution in [0.2, 0.25) is 0 Å². The molecule has 0 N–H and O–H groups in total. The lowest BCUT2D eigenvalue weighted by molar-refractivity contribution is 0.381. The molecule has 0 aromatic rings. The Labute approximate surface area is 65.3 Å². The maximum Gasteiger partial charge on any atom is -0.0346 e. The van der Waals surface area contributed by atoms with E-state index in [1.54, 1.807) is 0 Å². The third-order valence-electron chi connectivity index (χ3n) is 1.46. The van der Waals surface area contributed by atoms with Gasteiger partial charge in [-0.3, -0.25) is 0 Å². The highest BCUT2D eigenvalue weighted by molar-refractivity contribution is 4.81. The Bertz CT molecular complexity index is 93.1. The average Bonchev–Trinajstić information content (AvgIpc) is 1.78. The fourth-order valence-corrected chi connectivity index (χ4v) is 0.801. The molecular weight excluding hydrogens is 120 g/mol. The van der Waals surface area contributed by atoms with Gasteiger partial charge < -0.3 is 0 Å². The molecule has 0 atom stereocenters. The van der Waals surface area contributed by atoms with Crippen LogP contribution < -0.4 is 0 Å². The number of rotatable bonds is 3. The second kappa shape index (κ2) is 4.54. The van der Waals surface area contributed by atoms with Gasteiger partial charge in [-0.2, -0.15) is 0 Å². The summed E-state index contributed by atoms with van der Waals surface area (Å²) in [5.74, 6) is 0. The third kappa shape index (κ3) is 7.74. The summed E-state index contributed by atoms with van der Waals surface area (Å²) < 4.78 is 0. The predicted octanol–water partition coefficient (Wildman–Crippen LogP) is 3.78. The summed E-state index contributed by atoms with van der Waals surface area (Å²) in [6.45, 7) is 9.03. The Hall–Kier alpha value is -0.260. The molecule has 0 saturated carbocycles. The van der Waals surface area contributed by atoms with Gasteiger partial charge in [0.15, 0.2) is 0 Å². The summed E-state index contributed by atoms with van der Waals surface area (Å²) in [6, 6.07) is 0. The minimum absolute atomic E-state index is 0.498. The number of hydrogen-bond donors (Lipinski definition) is 0. The molecule has 0 amide bonds. The molecule has 0 bridgehead atoms. The molecule has 0 heteroatoms. The van der Waals surface area contributed by atoms with Gasteiger partial charge in [-0.1, -0.05) is 39.8 Å². The van der Waals surface area contributed by atoms with Gasteiger partial charge in [0.2, 0.25) is 0 Å². The van der Waals surface area contributed by atoms with Crippen molar-refractivity contribution in [2.24, 2.45) is 5.41 Å². The van der Waals surface area contributed by atoms with Crippen LogP contribution in [0.1, 0.15) is 47.0 Å². The fraction of sp³-hybridized carbons (Fsp3) is 0.800. The van der Waals surface area contributed by atoms with Gasteiger partial charge >= 0.3 is 0 Å². The van der Waals surface area contributed by atoms with E-state index in [0.717, 1.165) is 0 Å². The van der Waals surface area contributed by atoms with Crippen molar-refractivity contribution in [1.82, 2.24) is 0 Å². The molecule has 0 saturated heterocycles. The number of hydrogen-bond acceptors (Lipinski definition) is 0. The zero-order valence-electron chi connectivity index (χ0n) is 7.78. The Morgan fingerprint density at radius 3 is 2.10 bits per heavy atom. The molecule has 10 heavy (non-hydrogen) atoms. The normalized spacial score (nSPS) is 12.8. The van der Waals surface area contributed by atoms with Gasteiger partial charge in [0.05, 0.1) is 0 Å². The van der Waals surface area contributed by atoms with Gasteiger partial charge in [-0.25, -0.2) is 0 Å². The van der Waals surface area contributed by atoms with Gasteiger partial charge in [0, 0.05) is 0 Å². The molecule has 0 fully saturated rings. The minimum atomic E-state index is 0.498. The van der Waals surface area contributed by atoms with Crippen molar-refractivity contribution < 1.29 is 0 Å². The van der Waals surface area contributed by atoms with Crippen molar-refractivity contribution in [2.45, 2.75) is 47.0 Å². The van der Waals surface area contributed by atoms with Crippen LogP contribution in [0.25, 0.3) is 0 Å². The largest absolute Gasteiger partial charge is 0.0888 e. The molecule has 0 aliphatic heterocycles. The predicted molar refractivity (Wildman–Crippen MR) is 48.1 cm³/mol. The second-order valence-corrected chi connectivity index (χ2v) is 3.98. The van der Waals surface area contributed by atoms with Crippen LogP contribution in [0.3, 0.4) is 0 Å². The van der Waals surface area contributed by atoms with Crippen molar-refractivity contribution >= 4 is 0 Å². The first-order valence-electron chi connectivity index (χ1n) is 4.21. The standard InChI is InChI=1S/C10H20/c1-5-6-7-8-9-10(2,3)4/h6-7H,5,8-9H2,1-4H3/b7-6+. The lowest BCUT2D eigenvalue weighted by Crippen LogP contribution is -2.02. The van der Waals surface area contributed by atoms with Crippen molar-refractivity contribution in [3.8, 4) is 0 Å². The van der Waals surface area contributed by atoms with Crippen molar-refractivity contribution in [2.75, 3.05) is 0 Å². The highest BCUT2D eigenvalue weighted by Gasteiger charge is 2.06. The number of allylic oxidation sites excluding steroid dienone is 2. The molecule has 0 unspecified atom stereocenters. The molecular formula is C10H20. The van der Waals surface area contributed by atoms with Crippen LogP contribution in [0.5, 0.6) is 0 Å². The Kier molecular flexibility index (Phi) is 4.42. The molecule has 0 aromatic heterocycles. The molecule has 0 nitrogen and oxygen atoms in total. The van der Waals surface area contributed by atoms with Gasteiger partial charge in [-0.05, 0) is 24.7 Å². The fourth-order valence-electron chi connectivity index (χ4n) is 0.801. The van der Waals surface area contributed by atoms with Crippen LogP contribution in [-0.2, 0) is 0 Å². The summed E-state index contributed by atoms with van der Waals surface area (Å²) in [5.41, 5.74) is 0.498. The van der Waals surface area contributed by atoms with E-state index in [4.69, 9.17) is 0 Å². The monoisotopic (exact) mass is 140 g/mol. The van der Waals surface area contributed by atoms with Crippen LogP contribution in [0.15, 0.2) is 12.2 Å². The zero-order chi connectivity index (χ0) is 8.04. The Morgan fingerprint density at radius 1 is 1.10 bits per heavy atom. The van der Waals surface area contributed by atoms with Crippen LogP contribution in [0.4, 0.5) is 0 Å². The lowest BCUT2D eigenvalue weighted by Gasteiger charge is -2.15. The summed E-state index contributed by atoms with van der Waals surface area (Å²) in [6.07, 6.45) is 8.22. The maximum atomic E-state index is 2.28. The van der Waals surface area contributed by atoms with Crippen molar-refractivity contribution in [3.63, 3.8) is 0 Å². The van der Waals surface area contributed by atoms with Crippen molar-refractivity contribution in [3.05, 3.63) is 12.2 Å². The van der Waals surface area contributed by atoms with Gasteiger partial charge in [-0.15, -0.1) is 0 Å². The lowest BCUT2D eigenvalue weighted by atomic mass is 9.90. The summed E-state index contributed by atoms with van der Waals surface area (Å²) >= 11 is 0. The topological polar surface area (TPSA) is 0 Å². The second-order valence-electron chi connectivity index (χ2n) is 3.98. The van der Waals surface area contributed by atoms with E-state index >= 15 is 0 Å². The summed E-state index contributed by atoms with van der Waals surface area (Å²) in [7, 11) is 0. The van der Waals surface area contributed by atoms with E-state index in [-0.39, 0.29) is 0 Å². The van der Waals surface area contributed by atoms with E-state index in [0.29, 0.717) is 5.41 Å². The molecule has 0 radical (unpaired) electrons. The van der Waals surface area contributed by atoms with E-state index in [1.807, 2.05) is 0 Å². The minimum Gasteiger partial charge on any atom is -0.0888 e. The van der Waals surface area contributed by atoms with Crippen molar-refractivity contribution in [1.29, 1.82) is 0 Å². The zero-order valence-corrected chi connectivity index (χ0v) is 7.78. The molecule has 0 rings (SSSR count). The molecule has 0 aliphatic carbocycles. The van der Waals surface area contributed by atoms with Crippen LogP contribution in [-0.4, -0.2) is 0 Å². The van der Waals surface area contributed by atoms with E-state index < -0.39 is 0 Å². The van der Waals surface area contributed by atoms with E-state index in [1.165, 1.54) is 19.3 Å². The van der Waals surface area contributed by atoms with Crippen LogP contribution >= 0.6 is 0 Å². The smallest absolute Gasteiger partial charge is 0.0346 e. The SMILES string of the molecule is CC/C=C/CCC(C)(C)C. The summed E-state index contributed by atoms with van der Waals surface area (Å²) in [4.78, 5) is 0. The maximum absolute atomic E-state index is 2.28. The molecule has 0 aromatic carbocycles. The average molecular weight is 140 g/mol. The quantitative estimate of drug-likeness (QED) is 0.523. The van der Waals surface area contributed by atoms with Gasteiger partial charge in [0.1, 0.15) is 0 Å². The molecule has 0 spiro atoms. The highest BCUT2D eigenvalue weighted by atomic mass is 14.1. The molecule has 60 valence electrons. The van der Waals surface area contributed by atoms with E-state index in [9.17, 15) is 0 Å². The van der Waals surface area contributed by atoms with E-state index in [2.05, 4.69) is 39.8 Å². The highest BCUT2D eigenvalue weighted by Crippen LogP contribution is 2.20. The summed E-state index contributed by atoms with van der Waals surface area (Å²) in [5, 5.41) is 0. The molecule has 0 heterocycles. The first-order valence-corrected chi connectivity index (χ1v) is 4.21.